The summed E-state index contributed by atoms with van der Waals surface area (Å²) < 4.78 is 39.9. The molecule has 1 unspecified atom stereocenters. The summed E-state index contributed by atoms with van der Waals surface area (Å²) in [4.78, 5) is 1.73. The molecule has 0 amide bonds. The van der Waals surface area contributed by atoms with Crippen LogP contribution in [0.2, 0.25) is 0 Å². The molecular weight excluding hydrogens is 277 g/mol. The molecule has 0 heterocycles. The number of hydrogen-bond donors (Lipinski definition) is 1. The maximum absolute atomic E-state index is 13.3. The number of benzene rings is 1. The summed E-state index contributed by atoms with van der Waals surface area (Å²) in [5.41, 5.74) is 6.21. The summed E-state index contributed by atoms with van der Waals surface area (Å²) in [6, 6.07) is 4.52. The van der Waals surface area contributed by atoms with E-state index in [1.165, 1.54) is 6.07 Å². The zero-order valence-electron chi connectivity index (χ0n) is 12.6. The minimum absolute atomic E-state index is 0.0962. The molecule has 0 bridgehead atoms. The van der Waals surface area contributed by atoms with E-state index in [2.05, 4.69) is 0 Å². The first-order valence-corrected chi connectivity index (χ1v) is 7.48. The number of alkyl halides is 3. The summed E-state index contributed by atoms with van der Waals surface area (Å²) in [5, 5.41) is 0. The topological polar surface area (TPSA) is 29.3 Å². The molecule has 0 spiro atoms. The first-order valence-electron chi connectivity index (χ1n) is 7.48. The van der Waals surface area contributed by atoms with Gasteiger partial charge in [-0.2, -0.15) is 13.2 Å². The van der Waals surface area contributed by atoms with Gasteiger partial charge in [-0.25, -0.2) is 0 Å². The van der Waals surface area contributed by atoms with Crippen LogP contribution in [-0.2, 0) is 12.6 Å². The number of anilines is 1. The van der Waals surface area contributed by atoms with E-state index in [9.17, 15) is 13.2 Å². The van der Waals surface area contributed by atoms with Crippen molar-refractivity contribution in [1.82, 2.24) is 0 Å². The van der Waals surface area contributed by atoms with Crippen molar-refractivity contribution in [1.29, 1.82) is 0 Å². The van der Waals surface area contributed by atoms with Crippen molar-refractivity contribution in [2.24, 2.45) is 11.7 Å². The lowest BCUT2D eigenvalue weighted by molar-refractivity contribution is -0.137. The highest BCUT2D eigenvalue weighted by Gasteiger charge is 2.35. The number of hydrogen-bond acceptors (Lipinski definition) is 2. The predicted octanol–water partition coefficient (Wildman–Crippen LogP) is 3.83. The standard InChI is InChI=1S/C16H23F3N2/c1-3-13(20)8-12-6-7-15(14(9-12)16(17,18)19)21(2)10-11-4-5-11/h6-7,9,11,13H,3-5,8,10,20H2,1-2H3. The molecule has 5 heteroatoms. The maximum Gasteiger partial charge on any atom is 0.418 e. The van der Waals surface area contributed by atoms with Gasteiger partial charge in [0.1, 0.15) is 0 Å². The third kappa shape index (κ3) is 4.37. The van der Waals surface area contributed by atoms with Gasteiger partial charge in [0.05, 0.1) is 5.56 Å². The van der Waals surface area contributed by atoms with Crippen molar-refractivity contribution in [2.75, 3.05) is 18.5 Å². The summed E-state index contributed by atoms with van der Waals surface area (Å²) >= 11 is 0. The monoisotopic (exact) mass is 300 g/mol. The van der Waals surface area contributed by atoms with Gasteiger partial charge in [-0.15, -0.1) is 0 Å². The minimum Gasteiger partial charge on any atom is -0.374 e. The Bertz CT molecular complexity index is 481. The van der Waals surface area contributed by atoms with Gasteiger partial charge in [0.25, 0.3) is 0 Å². The van der Waals surface area contributed by atoms with E-state index < -0.39 is 11.7 Å². The zero-order chi connectivity index (χ0) is 15.6. The molecule has 1 aromatic rings. The van der Waals surface area contributed by atoms with Gasteiger partial charge in [0, 0.05) is 25.3 Å². The molecule has 1 aromatic carbocycles. The molecule has 1 aliphatic rings. The van der Waals surface area contributed by atoms with Gasteiger partial charge in [-0.3, -0.25) is 0 Å². The van der Waals surface area contributed by atoms with Gasteiger partial charge >= 0.3 is 6.18 Å². The second kappa shape index (κ2) is 6.26. The number of halogens is 3. The van der Waals surface area contributed by atoms with Crippen molar-refractivity contribution < 1.29 is 13.2 Å². The van der Waals surface area contributed by atoms with Crippen LogP contribution >= 0.6 is 0 Å². The molecule has 2 rings (SSSR count). The quantitative estimate of drug-likeness (QED) is 0.865. The maximum atomic E-state index is 13.3. The third-order valence-electron chi connectivity index (χ3n) is 4.03. The number of nitrogens with two attached hydrogens (primary N) is 1. The van der Waals surface area contributed by atoms with E-state index in [0.717, 1.165) is 19.3 Å². The van der Waals surface area contributed by atoms with E-state index in [-0.39, 0.29) is 11.7 Å². The highest BCUT2D eigenvalue weighted by atomic mass is 19.4. The smallest absolute Gasteiger partial charge is 0.374 e. The summed E-state index contributed by atoms with van der Waals surface area (Å²) in [5.74, 6) is 0.546. The van der Waals surface area contributed by atoms with Gasteiger partial charge in [0.2, 0.25) is 0 Å². The lowest BCUT2D eigenvalue weighted by Gasteiger charge is -2.24. The van der Waals surface area contributed by atoms with E-state index in [4.69, 9.17) is 5.73 Å². The molecule has 1 fully saturated rings. The SMILES string of the molecule is CCC(N)Cc1ccc(N(C)CC2CC2)c(C(F)(F)F)c1. The molecule has 1 saturated carbocycles. The molecular formula is C16H23F3N2. The molecule has 0 aliphatic heterocycles. The van der Waals surface area contributed by atoms with Gasteiger partial charge in [-0.1, -0.05) is 13.0 Å². The second-order valence-corrected chi connectivity index (χ2v) is 6.05. The summed E-state index contributed by atoms with van der Waals surface area (Å²) in [6.07, 6.45) is -0.861. The Balaban J connectivity index is 2.26. The molecule has 0 saturated heterocycles. The average Bonchev–Trinajstić information content (AvgIpc) is 3.21. The van der Waals surface area contributed by atoms with Crippen molar-refractivity contribution in [3.05, 3.63) is 29.3 Å². The fourth-order valence-corrected chi connectivity index (χ4v) is 2.50. The molecule has 0 radical (unpaired) electrons. The third-order valence-corrected chi connectivity index (χ3v) is 4.03. The van der Waals surface area contributed by atoms with Gasteiger partial charge in [-0.05, 0) is 49.3 Å². The second-order valence-electron chi connectivity index (χ2n) is 6.05. The first-order chi connectivity index (χ1) is 9.81. The predicted molar refractivity (Wildman–Crippen MR) is 79.4 cm³/mol. The van der Waals surface area contributed by atoms with Crippen molar-refractivity contribution >= 4 is 5.69 Å². The van der Waals surface area contributed by atoms with E-state index in [0.29, 0.717) is 24.4 Å². The van der Waals surface area contributed by atoms with Gasteiger partial charge < -0.3 is 10.6 Å². The Morgan fingerprint density at radius 3 is 2.52 bits per heavy atom. The van der Waals surface area contributed by atoms with Crippen LogP contribution in [0.5, 0.6) is 0 Å². The van der Waals surface area contributed by atoms with Crippen LogP contribution < -0.4 is 10.6 Å². The fraction of sp³-hybridized carbons (Fsp3) is 0.625. The number of nitrogens with zero attached hydrogens (tertiary/aromatic N) is 1. The molecule has 1 aliphatic carbocycles. The van der Waals surface area contributed by atoms with Gasteiger partial charge in [0.15, 0.2) is 0 Å². The Kier molecular flexibility index (Phi) is 4.81. The van der Waals surface area contributed by atoms with Crippen LogP contribution in [0.3, 0.4) is 0 Å². The van der Waals surface area contributed by atoms with Crippen LogP contribution in [-0.4, -0.2) is 19.6 Å². The van der Waals surface area contributed by atoms with Crippen molar-refractivity contribution in [3.8, 4) is 0 Å². The van der Waals surface area contributed by atoms with E-state index in [1.807, 2.05) is 6.92 Å². The molecule has 0 aromatic heterocycles. The van der Waals surface area contributed by atoms with E-state index >= 15 is 0 Å². The van der Waals surface area contributed by atoms with Crippen molar-refractivity contribution in [3.63, 3.8) is 0 Å². The Morgan fingerprint density at radius 2 is 2.00 bits per heavy atom. The lowest BCUT2D eigenvalue weighted by Crippen LogP contribution is -2.25. The fourth-order valence-electron chi connectivity index (χ4n) is 2.50. The molecule has 118 valence electrons. The highest BCUT2D eigenvalue weighted by Crippen LogP contribution is 2.39. The number of rotatable bonds is 6. The normalized spacial score (nSPS) is 16.9. The van der Waals surface area contributed by atoms with Crippen molar-refractivity contribution in [2.45, 2.75) is 44.8 Å². The molecule has 2 nitrogen and oxygen atoms in total. The van der Waals surface area contributed by atoms with Crippen LogP contribution in [0.15, 0.2) is 18.2 Å². The van der Waals surface area contributed by atoms with Crippen LogP contribution in [0, 0.1) is 5.92 Å². The van der Waals surface area contributed by atoms with Crippen LogP contribution in [0.1, 0.15) is 37.3 Å². The summed E-state index contributed by atoms with van der Waals surface area (Å²) in [7, 11) is 1.74. The Labute approximate surface area is 124 Å². The molecule has 21 heavy (non-hydrogen) atoms. The van der Waals surface area contributed by atoms with Crippen LogP contribution in [0.25, 0.3) is 0 Å². The highest BCUT2D eigenvalue weighted by molar-refractivity contribution is 5.56. The van der Waals surface area contributed by atoms with Crippen LogP contribution in [0.4, 0.5) is 18.9 Å². The molecule has 2 N–H and O–H groups in total. The Morgan fingerprint density at radius 1 is 1.33 bits per heavy atom. The summed E-state index contributed by atoms with van der Waals surface area (Å²) in [6.45, 7) is 2.63. The first kappa shape index (κ1) is 16.1. The largest absolute Gasteiger partial charge is 0.418 e. The lowest BCUT2D eigenvalue weighted by atomic mass is 10.0. The molecule has 1 atom stereocenters. The average molecular weight is 300 g/mol. The Hall–Kier alpha value is -1.23. The van der Waals surface area contributed by atoms with E-state index in [1.54, 1.807) is 24.1 Å². The minimum atomic E-state index is -4.33. The zero-order valence-corrected chi connectivity index (χ0v) is 12.6.